The number of aromatic hydroxyl groups is 1. The summed E-state index contributed by atoms with van der Waals surface area (Å²) in [6.07, 6.45) is -0.588. The molecule has 0 bridgehead atoms. The molecule has 12 heteroatoms. The van der Waals surface area contributed by atoms with Crippen molar-refractivity contribution in [2.45, 2.75) is 71.1 Å². The SMILES string of the molecule is CC(C)C(NC(=O)C(NC(=O)C(CCC(=O)O)NC(=O)C(N)Cc1ccc(O)cc1)C(C)C)C(=O)O. The van der Waals surface area contributed by atoms with Crippen LogP contribution in [0.2, 0.25) is 0 Å². The Balaban J connectivity index is 2.97. The van der Waals surface area contributed by atoms with Crippen LogP contribution in [-0.4, -0.2) is 69.1 Å². The zero-order valence-corrected chi connectivity index (χ0v) is 20.9. The molecule has 0 aromatic heterocycles. The van der Waals surface area contributed by atoms with E-state index in [0.717, 1.165) is 0 Å². The van der Waals surface area contributed by atoms with Crippen LogP contribution in [0.15, 0.2) is 24.3 Å². The molecule has 0 saturated heterocycles. The number of rotatable bonds is 14. The van der Waals surface area contributed by atoms with Gasteiger partial charge in [0.2, 0.25) is 17.7 Å². The maximum Gasteiger partial charge on any atom is 0.326 e. The van der Waals surface area contributed by atoms with Crippen molar-refractivity contribution in [3.63, 3.8) is 0 Å². The first-order chi connectivity index (χ1) is 16.7. The highest BCUT2D eigenvalue weighted by Gasteiger charge is 2.33. The van der Waals surface area contributed by atoms with Crippen LogP contribution in [0.4, 0.5) is 0 Å². The largest absolute Gasteiger partial charge is 0.508 e. The molecular formula is C24H36N4O8. The monoisotopic (exact) mass is 508 g/mol. The molecule has 0 radical (unpaired) electrons. The molecule has 0 fully saturated rings. The zero-order chi connectivity index (χ0) is 27.6. The normalized spacial score (nSPS) is 14.4. The van der Waals surface area contributed by atoms with Crippen molar-refractivity contribution < 1.29 is 39.3 Å². The molecular weight excluding hydrogens is 472 g/mol. The molecule has 0 spiro atoms. The molecule has 4 unspecified atom stereocenters. The number of nitrogens with two attached hydrogens (primary N) is 1. The summed E-state index contributed by atoms with van der Waals surface area (Å²) in [4.78, 5) is 61.0. The van der Waals surface area contributed by atoms with Gasteiger partial charge in [-0.05, 0) is 42.4 Å². The highest BCUT2D eigenvalue weighted by Crippen LogP contribution is 2.12. The molecule has 12 nitrogen and oxygen atoms in total. The highest BCUT2D eigenvalue weighted by atomic mass is 16.4. The molecule has 36 heavy (non-hydrogen) atoms. The summed E-state index contributed by atoms with van der Waals surface area (Å²) in [5.41, 5.74) is 6.62. The quantitative estimate of drug-likeness (QED) is 0.180. The molecule has 1 aromatic carbocycles. The minimum absolute atomic E-state index is 0.0500. The van der Waals surface area contributed by atoms with Crippen LogP contribution in [0.1, 0.15) is 46.1 Å². The van der Waals surface area contributed by atoms with E-state index in [-0.39, 0.29) is 18.6 Å². The van der Waals surface area contributed by atoms with E-state index in [0.29, 0.717) is 5.56 Å². The Morgan fingerprint density at radius 1 is 0.806 bits per heavy atom. The van der Waals surface area contributed by atoms with Crippen molar-refractivity contribution in [1.29, 1.82) is 0 Å². The number of hydrogen-bond donors (Lipinski definition) is 7. The molecule has 200 valence electrons. The van der Waals surface area contributed by atoms with Crippen molar-refractivity contribution in [2.75, 3.05) is 0 Å². The van der Waals surface area contributed by atoms with Gasteiger partial charge in [-0.25, -0.2) is 4.79 Å². The second-order valence-corrected chi connectivity index (χ2v) is 9.27. The van der Waals surface area contributed by atoms with Gasteiger partial charge in [0.1, 0.15) is 23.9 Å². The first kappa shape index (κ1) is 30.4. The molecule has 1 aromatic rings. The van der Waals surface area contributed by atoms with E-state index in [1.807, 2.05) is 0 Å². The van der Waals surface area contributed by atoms with E-state index in [4.69, 9.17) is 10.8 Å². The number of nitrogens with one attached hydrogen (secondary N) is 3. The van der Waals surface area contributed by atoms with E-state index < -0.39 is 72.1 Å². The van der Waals surface area contributed by atoms with Crippen LogP contribution in [0.25, 0.3) is 0 Å². The van der Waals surface area contributed by atoms with Crippen molar-refractivity contribution in [2.24, 2.45) is 17.6 Å². The molecule has 8 N–H and O–H groups in total. The lowest BCUT2D eigenvalue weighted by atomic mass is 9.99. The smallest absolute Gasteiger partial charge is 0.326 e. The van der Waals surface area contributed by atoms with Crippen molar-refractivity contribution in [3.05, 3.63) is 29.8 Å². The third kappa shape index (κ3) is 9.90. The highest BCUT2D eigenvalue weighted by molar-refractivity contribution is 5.94. The summed E-state index contributed by atoms with van der Waals surface area (Å²) in [7, 11) is 0. The molecule has 0 heterocycles. The topological polar surface area (TPSA) is 208 Å². The Morgan fingerprint density at radius 3 is 1.81 bits per heavy atom. The number of amides is 3. The van der Waals surface area contributed by atoms with E-state index in [1.165, 1.54) is 12.1 Å². The fourth-order valence-corrected chi connectivity index (χ4v) is 3.34. The minimum atomic E-state index is -1.30. The molecule has 0 saturated carbocycles. The fraction of sp³-hybridized carbons (Fsp3) is 0.542. The van der Waals surface area contributed by atoms with E-state index in [2.05, 4.69) is 16.0 Å². The third-order valence-corrected chi connectivity index (χ3v) is 5.49. The van der Waals surface area contributed by atoms with Crippen molar-refractivity contribution in [3.8, 4) is 5.75 Å². The Labute approximate surface area is 209 Å². The van der Waals surface area contributed by atoms with Gasteiger partial charge in [0.05, 0.1) is 6.04 Å². The second-order valence-electron chi connectivity index (χ2n) is 9.27. The Hall–Kier alpha value is -3.67. The fourth-order valence-electron chi connectivity index (χ4n) is 3.34. The third-order valence-electron chi connectivity index (χ3n) is 5.49. The summed E-state index contributed by atoms with van der Waals surface area (Å²) < 4.78 is 0. The lowest BCUT2D eigenvalue weighted by molar-refractivity contribution is -0.143. The standard InChI is InChI=1S/C24H36N4O8/c1-12(2)19(23(34)28-20(13(3)4)24(35)36)27-22(33)17(9-10-18(30)31)26-21(32)16(25)11-14-5-7-15(29)8-6-14/h5-8,12-13,16-17,19-20,29H,9-11,25H2,1-4H3,(H,26,32)(H,27,33)(H,28,34)(H,30,31)(H,35,36). The molecule has 4 atom stereocenters. The van der Waals surface area contributed by atoms with Crippen LogP contribution in [0, 0.1) is 11.8 Å². The number of carboxylic acids is 2. The zero-order valence-electron chi connectivity index (χ0n) is 20.9. The van der Waals surface area contributed by atoms with E-state index in [9.17, 15) is 34.2 Å². The van der Waals surface area contributed by atoms with Gasteiger partial charge in [0.15, 0.2) is 0 Å². The van der Waals surface area contributed by atoms with Gasteiger partial charge in [0.25, 0.3) is 0 Å². The van der Waals surface area contributed by atoms with Gasteiger partial charge in [0, 0.05) is 6.42 Å². The number of carbonyl (C=O) groups excluding carboxylic acids is 3. The maximum absolute atomic E-state index is 13.0. The lowest BCUT2D eigenvalue weighted by Gasteiger charge is -2.27. The number of phenols is 1. The summed E-state index contributed by atoms with van der Waals surface area (Å²) in [5, 5.41) is 35.1. The molecule has 3 amide bonds. The average Bonchev–Trinajstić information content (AvgIpc) is 2.78. The molecule has 0 aliphatic heterocycles. The summed E-state index contributed by atoms with van der Waals surface area (Å²) in [6, 6.07) is 1.39. The van der Waals surface area contributed by atoms with Crippen LogP contribution >= 0.6 is 0 Å². The number of hydrogen-bond acceptors (Lipinski definition) is 7. The van der Waals surface area contributed by atoms with Crippen LogP contribution in [0.3, 0.4) is 0 Å². The van der Waals surface area contributed by atoms with Gasteiger partial charge in [-0.3, -0.25) is 19.2 Å². The first-order valence-corrected chi connectivity index (χ1v) is 11.6. The number of benzene rings is 1. The molecule has 1 rings (SSSR count). The van der Waals surface area contributed by atoms with Crippen molar-refractivity contribution in [1.82, 2.24) is 16.0 Å². The lowest BCUT2D eigenvalue weighted by Crippen LogP contribution is -2.59. The maximum atomic E-state index is 13.0. The van der Waals surface area contributed by atoms with Gasteiger partial charge < -0.3 is 37.0 Å². The van der Waals surface area contributed by atoms with Crippen LogP contribution in [0.5, 0.6) is 5.75 Å². The van der Waals surface area contributed by atoms with Crippen molar-refractivity contribution >= 4 is 29.7 Å². The minimum Gasteiger partial charge on any atom is -0.508 e. The van der Waals surface area contributed by atoms with Gasteiger partial charge in [-0.15, -0.1) is 0 Å². The Kier molecular flexibility index (Phi) is 11.8. The number of aliphatic carboxylic acids is 2. The first-order valence-electron chi connectivity index (χ1n) is 11.6. The van der Waals surface area contributed by atoms with E-state index in [1.54, 1.807) is 39.8 Å². The van der Waals surface area contributed by atoms with Gasteiger partial charge in [-0.2, -0.15) is 0 Å². The predicted molar refractivity (Wildman–Crippen MR) is 130 cm³/mol. The van der Waals surface area contributed by atoms with Crippen LogP contribution in [-0.2, 0) is 30.4 Å². The predicted octanol–water partition coefficient (Wildman–Crippen LogP) is -0.0222. The van der Waals surface area contributed by atoms with Gasteiger partial charge >= 0.3 is 11.9 Å². The number of phenolic OH excluding ortho intramolecular Hbond substituents is 1. The van der Waals surface area contributed by atoms with E-state index >= 15 is 0 Å². The Bertz CT molecular complexity index is 933. The number of carboxylic acid groups (broad SMARTS) is 2. The summed E-state index contributed by atoms with van der Waals surface area (Å²) >= 11 is 0. The Morgan fingerprint density at radius 2 is 1.33 bits per heavy atom. The second kappa shape index (κ2) is 14.0. The van der Waals surface area contributed by atoms with Gasteiger partial charge in [-0.1, -0.05) is 39.8 Å². The molecule has 0 aliphatic rings. The molecule has 0 aliphatic carbocycles. The summed E-state index contributed by atoms with van der Waals surface area (Å²) in [6.45, 7) is 6.55. The number of carbonyl (C=O) groups is 5. The average molecular weight is 509 g/mol. The van der Waals surface area contributed by atoms with Crippen LogP contribution < -0.4 is 21.7 Å². The summed E-state index contributed by atoms with van der Waals surface area (Å²) in [5.74, 6) is -5.43.